The SMILES string of the molecule is CCOC(=O)C1(C)CCc2ccc(OCCCOc3ccc(Oc4ccccc4)cc3Cl)cc2O1. The predicted molar refractivity (Wildman–Crippen MR) is 134 cm³/mol. The van der Waals surface area contributed by atoms with E-state index in [2.05, 4.69) is 0 Å². The largest absolute Gasteiger partial charge is 0.493 e. The van der Waals surface area contributed by atoms with Gasteiger partial charge < -0.3 is 23.7 Å². The van der Waals surface area contributed by atoms with Crippen molar-refractivity contribution in [3.05, 3.63) is 77.3 Å². The minimum atomic E-state index is -0.976. The second-order valence-corrected chi connectivity index (χ2v) is 8.79. The van der Waals surface area contributed by atoms with Crippen molar-refractivity contribution in [3.63, 3.8) is 0 Å². The van der Waals surface area contributed by atoms with Gasteiger partial charge in [-0.15, -0.1) is 0 Å². The maximum Gasteiger partial charge on any atom is 0.350 e. The number of rotatable bonds is 10. The molecular weight excluding hydrogens is 468 g/mol. The van der Waals surface area contributed by atoms with Gasteiger partial charge in [0, 0.05) is 25.0 Å². The summed E-state index contributed by atoms with van der Waals surface area (Å²) in [5.41, 5.74) is 0.0768. The van der Waals surface area contributed by atoms with Gasteiger partial charge in [0.1, 0.15) is 28.7 Å². The van der Waals surface area contributed by atoms with Crippen LogP contribution in [-0.4, -0.2) is 31.4 Å². The Hall–Kier alpha value is -3.38. The lowest BCUT2D eigenvalue weighted by molar-refractivity contribution is -0.161. The van der Waals surface area contributed by atoms with Crippen molar-refractivity contribution >= 4 is 17.6 Å². The lowest BCUT2D eigenvalue weighted by Gasteiger charge is -2.33. The zero-order chi connectivity index (χ0) is 24.7. The van der Waals surface area contributed by atoms with Gasteiger partial charge in [-0.2, -0.15) is 0 Å². The number of fused-ring (bicyclic) bond motifs is 1. The zero-order valence-electron chi connectivity index (χ0n) is 19.9. The monoisotopic (exact) mass is 496 g/mol. The summed E-state index contributed by atoms with van der Waals surface area (Å²) in [5, 5.41) is 0.482. The van der Waals surface area contributed by atoms with Crippen LogP contribution in [0.1, 0.15) is 32.3 Å². The van der Waals surface area contributed by atoms with E-state index in [0.29, 0.717) is 60.7 Å². The maximum atomic E-state index is 12.3. The Labute approximate surface area is 210 Å². The smallest absolute Gasteiger partial charge is 0.350 e. The molecule has 0 amide bonds. The fourth-order valence-electron chi connectivity index (χ4n) is 3.74. The molecule has 4 rings (SSSR count). The van der Waals surface area contributed by atoms with Gasteiger partial charge >= 0.3 is 5.97 Å². The molecular formula is C28H29ClO6. The van der Waals surface area contributed by atoms with Gasteiger partial charge in [0.25, 0.3) is 0 Å². The van der Waals surface area contributed by atoms with Gasteiger partial charge in [0.05, 0.1) is 24.8 Å². The zero-order valence-corrected chi connectivity index (χ0v) is 20.7. The second kappa shape index (κ2) is 11.4. The van der Waals surface area contributed by atoms with E-state index in [0.717, 1.165) is 17.7 Å². The molecule has 0 N–H and O–H groups in total. The van der Waals surface area contributed by atoms with Gasteiger partial charge in [-0.3, -0.25) is 0 Å². The molecule has 6 nitrogen and oxygen atoms in total. The molecule has 0 aliphatic carbocycles. The molecule has 0 saturated carbocycles. The Balaban J connectivity index is 1.24. The number of hydrogen-bond donors (Lipinski definition) is 0. The van der Waals surface area contributed by atoms with Crippen LogP contribution in [0, 0.1) is 0 Å². The molecule has 1 aliphatic heterocycles. The van der Waals surface area contributed by atoms with Crippen molar-refractivity contribution < 1.29 is 28.5 Å². The van der Waals surface area contributed by atoms with Crippen LogP contribution in [0.3, 0.4) is 0 Å². The average molecular weight is 497 g/mol. The van der Waals surface area contributed by atoms with Crippen LogP contribution in [0.15, 0.2) is 66.7 Å². The van der Waals surface area contributed by atoms with E-state index < -0.39 is 5.60 Å². The number of esters is 1. The quantitative estimate of drug-likeness (QED) is 0.232. The summed E-state index contributed by atoms with van der Waals surface area (Å²) in [4.78, 5) is 12.3. The molecule has 1 unspecified atom stereocenters. The Morgan fingerprint density at radius 2 is 1.74 bits per heavy atom. The molecule has 1 heterocycles. The van der Waals surface area contributed by atoms with E-state index in [1.54, 1.807) is 26.0 Å². The highest BCUT2D eigenvalue weighted by Crippen LogP contribution is 2.36. The molecule has 0 saturated heterocycles. The highest BCUT2D eigenvalue weighted by molar-refractivity contribution is 6.32. The van der Waals surface area contributed by atoms with E-state index in [1.807, 2.05) is 54.6 Å². The number of halogens is 1. The number of aryl methyl sites for hydroxylation is 1. The van der Waals surface area contributed by atoms with Gasteiger partial charge in [-0.25, -0.2) is 4.79 Å². The van der Waals surface area contributed by atoms with Crippen LogP contribution in [0.2, 0.25) is 5.02 Å². The molecule has 0 radical (unpaired) electrons. The first-order valence-corrected chi connectivity index (χ1v) is 12.1. The van der Waals surface area contributed by atoms with Crippen LogP contribution in [0.4, 0.5) is 0 Å². The molecule has 0 aromatic heterocycles. The summed E-state index contributed by atoms with van der Waals surface area (Å²) in [6.45, 7) is 4.79. The molecule has 7 heteroatoms. The maximum absolute atomic E-state index is 12.3. The number of para-hydroxylation sites is 1. The summed E-state index contributed by atoms with van der Waals surface area (Å²) in [6.07, 6.45) is 1.99. The number of benzene rings is 3. The molecule has 0 bridgehead atoms. The summed E-state index contributed by atoms with van der Waals surface area (Å²) in [6, 6.07) is 20.6. The van der Waals surface area contributed by atoms with Crippen LogP contribution in [-0.2, 0) is 16.0 Å². The minimum absolute atomic E-state index is 0.326. The number of hydrogen-bond acceptors (Lipinski definition) is 6. The van der Waals surface area contributed by atoms with E-state index >= 15 is 0 Å². The van der Waals surface area contributed by atoms with Crippen LogP contribution in [0.25, 0.3) is 0 Å². The summed E-state index contributed by atoms with van der Waals surface area (Å²) in [5.74, 6) is 2.97. The second-order valence-electron chi connectivity index (χ2n) is 8.38. The first-order chi connectivity index (χ1) is 17.0. The Kier molecular flexibility index (Phi) is 8.03. The summed E-state index contributed by atoms with van der Waals surface area (Å²) >= 11 is 6.35. The molecule has 0 fully saturated rings. The third-order valence-corrected chi connectivity index (χ3v) is 5.95. The lowest BCUT2D eigenvalue weighted by Crippen LogP contribution is -2.45. The Bertz CT molecular complexity index is 1150. The van der Waals surface area contributed by atoms with Crippen molar-refractivity contribution in [3.8, 4) is 28.7 Å². The molecule has 1 aliphatic rings. The van der Waals surface area contributed by atoms with Crippen LogP contribution < -0.4 is 18.9 Å². The van der Waals surface area contributed by atoms with E-state index in [1.165, 1.54) is 0 Å². The fourth-order valence-corrected chi connectivity index (χ4v) is 3.96. The topological polar surface area (TPSA) is 63.2 Å². The predicted octanol–water partition coefficient (Wildman–Crippen LogP) is 6.63. The third kappa shape index (κ3) is 6.40. The van der Waals surface area contributed by atoms with Crippen molar-refractivity contribution in [2.75, 3.05) is 19.8 Å². The van der Waals surface area contributed by atoms with Gasteiger partial charge in [-0.1, -0.05) is 35.9 Å². The highest BCUT2D eigenvalue weighted by atomic mass is 35.5. The van der Waals surface area contributed by atoms with E-state index in [-0.39, 0.29) is 5.97 Å². The number of ether oxygens (including phenoxy) is 5. The molecule has 3 aromatic rings. The fraction of sp³-hybridized carbons (Fsp3) is 0.321. The molecule has 35 heavy (non-hydrogen) atoms. The van der Waals surface area contributed by atoms with E-state index in [4.69, 9.17) is 35.3 Å². The first kappa shape index (κ1) is 24.7. The molecule has 3 aromatic carbocycles. The molecule has 1 atom stereocenters. The van der Waals surface area contributed by atoms with Crippen molar-refractivity contribution in [1.82, 2.24) is 0 Å². The first-order valence-electron chi connectivity index (χ1n) is 11.7. The number of carbonyl (C=O) groups excluding carboxylic acids is 1. The lowest BCUT2D eigenvalue weighted by atomic mass is 9.92. The molecule has 184 valence electrons. The normalized spacial score (nSPS) is 16.5. The minimum Gasteiger partial charge on any atom is -0.493 e. The van der Waals surface area contributed by atoms with E-state index in [9.17, 15) is 4.79 Å². The van der Waals surface area contributed by atoms with Crippen LogP contribution in [0.5, 0.6) is 28.7 Å². The third-order valence-electron chi connectivity index (χ3n) is 5.65. The van der Waals surface area contributed by atoms with Crippen molar-refractivity contribution in [2.24, 2.45) is 0 Å². The number of carbonyl (C=O) groups is 1. The van der Waals surface area contributed by atoms with Crippen molar-refractivity contribution in [1.29, 1.82) is 0 Å². The van der Waals surface area contributed by atoms with Crippen molar-refractivity contribution in [2.45, 2.75) is 38.7 Å². The van der Waals surface area contributed by atoms with Crippen LogP contribution >= 0.6 is 11.6 Å². The standard InChI is InChI=1S/C28H29ClO6/c1-3-31-27(30)28(2)15-14-20-10-11-22(19-26(20)35-28)32-16-7-17-33-25-13-12-23(18-24(25)29)34-21-8-5-4-6-9-21/h4-6,8-13,18-19H,3,7,14-17H2,1-2H3. The average Bonchev–Trinajstić information content (AvgIpc) is 2.85. The Morgan fingerprint density at radius 1 is 0.971 bits per heavy atom. The van der Waals surface area contributed by atoms with Gasteiger partial charge in [-0.05, 0) is 56.2 Å². The summed E-state index contributed by atoms with van der Waals surface area (Å²) < 4.78 is 28.7. The summed E-state index contributed by atoms with van der Waals surface area (Å²) in [7, 11) is 0. The van der Waals surface area contributed by atoms with Gasteiger partial charge in [0.2, 0.25) is 5.60 Å². The molecule has 0 spiro atoms. The highest BCUT2D eigenvalue weighted by Gasteiger charge is 2.40. The Morgan fingerprint density at radius 3 is 2.51 bits per heavy atom. The van der Waals surface area contributed by atoms with Gasteiger partial charge in [0.15, 0.2) is 0 Å².